The second kappa shape index (κ2) is 4.70. The topological polar surface area (TPSA) is 43.6 Å². The minimum absolute atomic E-state index is 0.195. The van der Waals surface area contributed by atoms with Crippen LogP contribution >= 0.6 is 11.6 Å². The number of halogens is 4. The van der Waals surface area contributed by atoms with Gasteiger partial charge in [0.15, 0.2) is 5.82 Å². The van der Waals surface area contributed by atoms with E-state index in [1.807, 2.05) is 0 Å². The van der Waals surface area contributed by atoms with E-state index in [2.05, 4.69) is 15.0 Å². The van der Waals surface area contributed by atoms with E-state index in [-0.39, 0.29) is 10.7 Å². The van der Waals surface area contributed by atoms with E-state index in [9.17, 15) is 13.2 Å². The number of aryl methyl sites for hydroxylation is 1. The first-order chi connectivity index (χ1) is 9.86. The Morgan fingerprint density at radius 1 is 1.14 bits per heavy atom. The van der Waals surface area contributed by atoms with Gasteiger partial charge in [0.1, 0.15) is 11.0 Å². The zero-order chi connectivity index (χ0) is 15.2. The highest BCUT2D eigenvalue weighted by atomic mass is 35.5. The normalized spacial score (nSPS) is 12.0. The summed E-state index contributed by atoms with van der Waals surface area (Å²) in [5.41, 5.74) is 0.0120. The Labute approximate surface area is 122 Å². The molecular formula is C13H8ClF3N4. The lowest BCUT2D eigenvalue weighted by Gasteiger charge is -2.07. The molecule has 0 saturated carbocycles. The van der Waals surface area contributed by atoms with Crippen LogP contribution in [-0.2, 0) is 6.18 Å². The number of aromatic nitrogens is 4. The molecular weight excluding hydrogens is 305 g/mol. The summed E-state index contributed by atoms with van der Waals surface area (Å²) in [6, 6.07) is 3.38. The molecule has 0 spiro atoms. The summed E-state index contributed by atoms with van der Waals surface area (Å²) in [5, 5.41) is 0.195. The molecule has 0 N–H and O–H groups in total. The molecule has 0 aliphatic rings. The number of hydrogen-bond donors (Lipinski definition) is 0. The Hall–Kier alpha value is -2.15. The number of fused-ring (bicyclic) bond motifs is 1. The zero-order valence-corrected chi connectivity index (χ0v) is 11.4. The second-order valence-electron chi connectivity index (χ2n) is 4.40. The van der Waals surface area contributed by atoms with Crippen LogP contribution in [0.2, 0.25) is 5.15 Å². The predicted octanol–water partition coefficient (Wildman–Crippen LogP) is 3.80. The summed E-state index contributed by atoms with van der Waals surface area (Å²) in [6.07, 6.45) is -1.55. The lowest BCUT2D eigenvalue weighted by Crippen LogP contribution is -2.04. The SMILES string of the molecule is Cc1nc2cc(C(F)(F)F)ccc2n1-c1cncc(Cl)n1. The van der Waals surface area contributed by atoms with Crippen LogP contribution in [0.15, 0.2) is 30.6 Å². The highest BCUT2D eigenvalue weighted by Gasteiger charge is 2.31. The van der Waals surface area contributed by atoms with Crippen LogP contribution in [0, 0.1) is 6.92 Å². The van der Waals surface area contributed by atoms with Crippen molar-refractivity contribution in [1.82, 2.24) is 19.5 Å². The molecule has 1 aromatic carbocycles. The molecule has 21 heavy (non-hydrogen) atoms. The van der Waals surface area contributed by atoms with Crippen molar-refractivity contribution in [3.63, 3.8) is 0 Å². The van der Waals surface area contributed by atoms with Gasteiger partial charge in [0.2, 0.25) is 0 Å². The molecule has 0 unspecified atom stereocenters. The maximum absolute atomic E-state index is 12.7. The van der Waals surface area contributed by atoms with Gasteiger partial charge in [-0.3, -0.25) is 9.55 Å². The molecule has 2 aromatic heterocycles. The molecule has 0 fully saturated rings. The number of benzene rings is 1. The molecule has 8 heteroatoms. The van der Waals surface area contributed by atoms with E-state index in [0.29, 0.717) is 17.2 Å². The zero-order valence-electron chi connectivity index (χ0n) is 10.7. The van der Waals surface area contributed by atoms with E-state index in [4.69, 9.17) is 11.6 Å². The third-order valence-corrected chi connectivity index (χ3v) is 3.15. The van der Waals surface area contributed by atoms with E-state index >= 15 is 0 Å². The highest BCUT2D eigenvalue weighted by molar-refractivity contribution is 6.29. The van der Waals surface area contributed by atoms with Crippen LogP contribution in [0.3, 0.4) is 0 Å². The molecule has 0 saturated heterocycles. The van der Waals surface area contributed by atoms with E-state index in [0.717, 1.165) is 12.1 Å². The lowest BCUT2D eigenvalue weighted by atomic mass is 10.2. The van der Waals surface area contributed by atoms with Crippen molar-refractivity contribution >= 4 is 22.6 Å². The van der Waals surface area contributed by atoms with Gasteiger partial charge >= 0.3 is 6.18 Å². The van der Waals surface area contributed by atoms with Crippen LogP contribution in [0.4, 0.5) is 13.2 Å². The van der Waals surface area contributed by atoms with Crippen LogP contribution < -0.4 is 0 Å². The number of imidazole rings is 1. The van der Waals surface area contributed by atoms with Crippen LogP contribution in [0.5, 0.6) is 0 Å². The second-order valence-corrected chi connectivity index (χ2v) is 4.78. The summed E-state index contributed by atoms with van der Waals surface area (Å²) in [6.45, 7) is 1.68. The molecule has 0 amide bonds. The molecule has 0 aliphatic heterocycles. The Kier molecular flexibility index (Phi) is 3.09. The summed E-state index contributed by atoms with van der Waals surface area (Å²) < 4.78 is 39.8. The lowest BCUT2D eigenvalue weighted by molar-refractivity contribution is -0.137. The fourth-order valence-corrected chi connectivity index (χ4v) is 2.25. The maximum atomic E-state index is 12.7. The van der Waals surface area contributed by atoms with Gasteiger partial charge in [0.05, 0.1) is 29.0 Å². The average Bonchev–Trinajstić information content (AvgIpc) is 2.72. The molecule has 2 heterocycles. The van der Waals surface area contributed by atoms with Crippen molar-refractivity contribution in [1.29, 1.82) is 0 Å². The number of rotatable bonds is 1. The fraction of sp³-hybridized carbons (Fsp3) is 0.154. The highest BCUT2D eigenvalue weighted by Crippen LogP contribution is 2.32. The molecule has 0 bridgehead atoms. The van der Waals surface area contributed by atoms with Gasteiger partial charge in [-0.2, -0.15) is 13.2 Å². The summed E-state index contributed by atoms with van der Waals surface area (Å²) >= 11 is 5.79. The largest absolute Gasteiger partial charge is 0.416 e. The smallest absolute Gasteiger partial charge is 0.279 e. The summed E-state index contributed by atoms with van der Waals surface area (Å²) in [5.74, 6) is 0.906. The van der Waals surface area contributed by atoms with Crippen molar-refractivity contribution in [2.75, 3.05) is 0 Å². The minimum atomic E-state index is -4.40. The number of alkyl halides is 3. The molecule has 4 nitrogen and oxygen atoms in total. The van der Waals surface area contributed by atoms with E-state index in [1.165, 1.54) is 18.5 Å². The Balaban J connectivity index is 2.23. The van der Waals surface area contributed by atoms with Gasteiger partial charge in [-0.25, -0.2) is 9.97 Å². The van der Waals surface area contributed by atoms with Crippen molar-refractivity contribution in [3.05, 3.63) is 47.1 Å². The predicted molar refractivity (Wildman–Crippen MR) is 71.4 cm³/mol. The van der Waals surface area contributed by atoms with Crippen molar-refractivity contribution in [3.8, 4) is 5.82 Å². The van der Waals surface area contributed by atoms with Gasteiger partial charge in [-0.05, 0) is 25.1 Å². The van der Waals surface area contributed by atoms with Gasteiger partial charge < -0.3 is 0 Å². The third kappa shape index (κ3) is 2.44. The quantitative estimate of drug-likeness (QED) is 0.686. The first-order valence-electron chi connectivity index (χ1n) is 5.90. The van der Waals surface area contributed by atoms with Crippen LogP contribution in [0.25, 0.3) is 16.9 Å². The third-order valence-electron chi connectivity index (χ3n) is 2.97. The Morgan fingerprint density at radius 2 is 1.90 bits per heavy atom. The van der Waals surface area contributed by atoms with Gasteiger partial charge in [0, 0.05) is 0 Å². The molecule has 0 aliphatic carbocycles. The van der Waals surface area contributed by atoms with Crippen molar-refractivity contribution in [2.24, 2.45) is 0 Å². The average molecular weight is 313 g/mol. The maximum Gasteiger partial charge on any atom is 0.416 e. The molecule has 3 aromatic rings. The van der Waals surface area contributed by atoms with Crippen LogP contribution in [0.1, 0.15) is 11.4 Å². The molecule has 108 valence electrons. The Morgan fingerprint density at radius 3 is 2.57 bits per heavy atom. The van der Waals surface area contributed by atoms with Crippen molar-refractivity contribution < 1.29 is 13.2 Å². The summed E-state index contributed by atoms with van der Waals surface area (Å²) in [4.78, 5) is 12.2. The van der Waals surface area contributed by atoms with Gasteiger partial charge in [-0.1, -0.05) is 11.6 Å². The monoisotopic (exact) mass is 312 g/mol. The fourth-order valence-electron chi connectivity index (χ4n) is 2.11. The number of hydrogen-bond acceptors (Lipinski definition) is 3. The minimum Gasteiger partial charge on any atom is -0.279 e. The molecule has 3 rings (SSSR count). The van der Waals surface area contributed by atoms with Crippen LogP contribution in [-0.4, -0.2) is 19.5 Å². The standard InChI is InChI=1S/C13H8ClF3N4/c1-7-19-9-4-8(13(15,16)17)2-3-10(9)21(7)12-6-18-5-11(14)20-12/h2-6H,1H3. The first kappa shape index (κ1) is 13.8. The molecule has 0 atom stereocenters. The first-order valence-corrected chi connectivity index (χ1v) is 6.28. The van der Waals surface area contributed by atoms with Gasteiger partial charge in [0.25, 0.3) is 0 Å². The summed E-state index contributed by atoms with van der Waals surface area (Å²) in [7, 11) is 0. The Bertz CT molecular complexity index is 826. The number of nitrogens with zero attached hydrogens (tertiary/aromatic N) is 4. The van der Waals surface area contributed by atoms with E-state index < -0.39 is 11.7 Å². The van der Waals surface area contributed by atoms with E-state index in [1.54, 1.807) is 11.5 Å². The van der Waals surface area contributed by atoms with Gasteiger partial charge in [-0.15, -0.1) is 0 Å². The van der Waals surface area contributed by atoms with Crippen molar-refractivity contribution in [2.45, 2.75) is 13.1 Å². The molecule has 0 radical (unpaired) electrons.